The van der Waals surface area contributed by atoms with Crippen LogP contribution in [0, 0.1) is 6.92 Å². The van der Waals surface area contributed by atoms with Crippen molar-refractivity contribution in [2.24, 2.45) is 0 Å². The predicted octanol–water partition coefficient (Wildman–Crippen LogP) is 2.94. The molecule has 114 valence electrons. The number of rotatable bonds is 6. The van der Waals surface area contributed by atoms with Gasteiger partial charge in [0.05, 0.1) is 16.2 Å². The van der Waals surface area contributed by atoms with E-state index in [1.807, 2.05) is 6.92 Å². The molecular formula is C13H15Cl2N3O2S. The summed E-state index contributed by atoms with van der Waals surface area (Å²) in [7, 11) is -3.71. The van der Waals surface area contributed by atoms with Gasteiger partial charge in [0.2, 0.25) is 10.0 Å². The first-order valence-corrected chi connectivity index (χ1v) is 8.58. The van der Waals surface area contributed by atoms with Gasteiger partial charge < -0.3 is 0 Å². The quantitative estimate of drug-likeness (QED) is 0.788. The van der Waals surface area contributed by atoms with Gasteiger partial charge in [0, 0.05) is 12.2 Å². The molecule has 0 aliphatic rings. The van der Waals surface area contributed by atoms with E-state index in [1.54, 1.807) is 12.3 Å². The van der Waals surface area contributed by atoms with Crippen molar-refractivity contribution in [3.63, 3.8) is 0 Å². The summed E-state index contributed by atoms with van der Waals surface area (Å²) >= 11 is 11.8. The molecule has 21 heavy (non-hydrogen) atoms. The van der Waals surface area contributed by atoms with Gasteiger partial charge in [0.15, 0.2) is 0 Å². The fraction of sp³-hybridized carbons (Fsp3) is 0.308. The number of hydrogen-bond donors (Lipinski definition) is 2. The lowest BCUT2D eigenvalue weighted by atomic mass is 10.1. The zero-order chi connectivity index (χ0) is 15.5. The Hall–Kier alpha value is -1.08. The summed E-state index contributed by atoms with van der Waals surface area (Å²) in [6.07, 6.45) is 3.14. The van der Waals surface area contributed by atoms with E-state index in [2.05, 4.69) is 14.9 Å². The molecule has 0 atom stereocenters. The van der Waals surface area contributed by atoms with Gasteiger partial charge in [-0.1, -0.05) is 29.3 Å². The zero-order valence-electron chi connectivity index (χ0n) is 11.4. The van der Waals surface area contributed by atoms with E-state index in [0.29, 0.717) is 13.0 Å². The summed E-state index contributed by atoms with van der Waals surface area (Å²) in [5, 5.41) is 6.99. The van der Waals surface area contributed by atoms with Crippen LogP contribution in [0.25, 0.3) is 0 Å². The van der Waals surface area contributed by atoms with Crippen molar-refractivity contribution in [2.75, 3.05) is 6.54 Å². The van der Waals surface area contributed by atoms with Crippen molar-refractivity contribution < 1.29 is 8.42 Å². The van der Waals surface area contributed by atoms with Crippen LogP contribution in [0.2, 0.25) is 10.0 Å². The van der Waals surface area contributed by atoms with Gasteiger partial charge in [0.1, 0.15) is 4.90 Å². The zero-order valence-corrected chi connectivity index (χ0v) is 13.7. The normalized spacial score (nSPS) is 11.8. The van der Waals surface area contributed by atoms with Crippen LogP contribution in [0.15, 0.2) is 29.3 Å². The first-order chi connectivity index (χ1) is 9.92. The molecule has 1 heterocycles. The molecule has 0 bridgehead atoms. The minimum atomic E-state index is -3.71. The van der Waals surface area contributed by atoms with Gasteiger partial charge in [-0.05, 0) is 37.5 Å². The number of aryl methyl sites for hydroxylation is 2. The molecule has 0 aliphatic heterocycles. The van der Waals surface area contributed by atoms with Gasteiger partial charge in [-0.25, -0.2) is 13.1 Å². The summed E-state index contributed by atoms with van der Waals surface area (Å²) in [5.74, 6) is 0. The Morgan fingerprint density at radius 3 is 2.52 bits per heavy atom. The molecule has 0 amide bonds. The highest BCUT2D eigenvalue weighted by molar-refractivity contribution is 7.89. The standard InChI is InChI=1S/C13H15Cl2N3O2S/c1-9-10(8-16-18-9)4-3-7-17-21(19,20)13-11(14)5-2-6-12(13)15/h2,5-6,8,17H,3-4,7H2,1H3,(H,16,18). The fourth-order valence-corrected chi connectivity index (χ4v) is 4.14. The highest BCUT2D eigenvalue weighted by atomic mass is 35.5. The number of nitrogens with one attached hydrogen (secondary N) is 2. The molecule has 2 aromatic rings. The molecule has 0 aliphatic carbocycles. The maximum atomic E-state index is 12.2. The van der Waals surface area contributed by atoms with Crippen molar-refractivity contribution in [1.29, 1.82) is 0 Å². The van der Waals surface area contributed by atoms with E-state index in [0.717, 1.165) is 17.7 Å². The van der Waals surface area contributed by atoms with Crippen LogP contribution in [0.5, 0.6) is 0 Å². The molecule has 0 spiro atoms. The molecule has 0 saturated heterocycles. The van der Waals surface area contributed by atoms with E-state index in [1.165, 1.54) is 12.1 Å². The Morgan fingerprint density at radius 1 is 1.29 bits per heavy atom. The van der Waals surface area contributed by atoms with Crippen LogP contribution in [-0.2, 0) is 16.4 Å². The molecule has 5 nitrogen and oxygen atoms in total. The summed E-state index contributed by atoms with van der Waals surface area (Å²) < 4.78 is 26.9. The lowest BCUT2D eigenvalue weighted by Gasteiger charge is -2.09. The Labute approximate surface area is 133 Å². The largest absolute Gasteiger partial charge is 0.283 e. The van der Waals surface area contributed by atoms with E-state index >= 15 is 0 Å². The van der Waals surface area contributed by atoms with E-state index in [-0.39, 0.29) is 14.9 Å². The fourth-order valence-electron chi connectivity index (χ4n) is 1.92. The molecule has 0 saturated carbocycles. The summed E-state index contributed by atoms with van der Waals surface area (Å²) in [6.45, 7) is 2.23. The third-order valence-corrected chi connectivity index (χ3v) is 5.45. The molecule has 8 heteroatoms. The highest BCUT2D eigenvalue weighted by Gasteiger charge is 2.20. The average molecular weight is 348 g/mol. The SMILES string of the molecule is Cc1[nH]ncc1CCCNS(=O)(=O)c1c(Cl)cccc1Cl. The molecule has 0 radical (unpaired) electrons. The smallest absolute Gasteiger partial charge is 0.243 e. The first kappa shape index (κ1) is 16.3. The number of halogens is 2. The van der Waals surface area contributed by atoms with Gasteiger partial charge in [-0.15, -0.1) is 0 Å². The lowest BCUT2D eigenvalue weighted by Crippen LogP contribution is -2.25. The summed E-state index contributed by atoms with van der Waals surface area (Å²) in [4.78, 5) is -0.0761. The van der Waals surface area contributed by atoms with Crippen molar-refractivity contribution in [1.82, 2.24) is 14.9 Å². The Morgan fingerprint density at radius 2 is 1.95 bits per heavy atom. The summed E-state index contributed by atoms with van der Waals surface area (Å²) in [5.41, 5.74) is 2.07. The molecular weight excluding hydrogens is 333 g/mol. The number of aromatic nitrogens is 2. The maximum Gasteiger partial charge on any atom is 0.243 e. The summed E-state index contributed by atoms with van der Waals surface area (Å²) in [6, 6.07) is 4.60. The van der Waals surface area contributed by atoms with Crippen molar-refractivity contribution in [3.05, 3.63) is 45.7 Å². The van der Waals surface area contributed by atoms with Gasteiger partial charge in [-0.3, -0.25) is 5.10 Å². The average Bonchev–Trinajstić information content (AvgIpc) is 2.80. The molecule has 1 aromatic carbocycles. The van der Waals surface area contributed by atoms with Crippen LogP contribution in [0.4, 0.5) is 0 Å². The Kier molecular flexibility index (Phi) is 5.27. The maximum absolute atomic E-state index is 12.2. The van der Waals surface area contributed by atoms with Gasteiger partial charge >= 0.3 is 0 Å². The molecule has 0 unspecified atom stereocenters. The minimum Gasteiger partial charge on any atom is -0.283 e. The van der Waals surface area contributed by atoms with Crippen LogP contribution in [0.1, 0.15) is 17.7 Å². The van der Waals surface area contributed by atoms with Crippen LogP contribution in [-0.4, -0.2) is 25.2 Å². The van der Waals surface area contributed by atoms with E-state index in [9.17, 15) is 8.42 Å². The van der Waals surface area contributed by atoms with E-state index in [4.69, 9.17) is 23.2 Å². The second kappa shape index (κ2) is 6.79. The van der Waals surface area contributed by atoms with Crippen molar-refractivity contribution in [3.8, 4) is 0 Å². The number of hydrogen-bond acceptors (Lipinski definition) is 3. The number of benzene rings is 1. The third kappa shape index (κ3) is 3.97. The number of aromatic amines is 1. The van der Waals surface area contributed by atoms with E-state index < -0.39 is 10.0 Å². The predicted molar refractivity (Wildman–Crippen MR) is 83.3 cm³/mol. The number of nitrogens with zero attached hydrogens (tertiary/aromatic N) is 1. The second-order valence-electron chi connectivity index (χ2n) is 4.57. The first-order valence-electron chi connectivity index (χ1n) is 6.34. The number of H-pyrrole nitrogens is 1. The minimum absolute atomic E-state index is 0.0761. The monoisotopic (exact) mass is 347 g/mol. The molecule has 0 fully saturated rings. The molecule has 2 N–H and O–H groups in total. The van der Waals surface area contributed by atoms with Crippen LogP contribution < -0.4 is 4.72 Å². The van der Waals surface area contributed by atoms with Crippen LogP contribution in [0.3, 0.4) is 0 Å². The Bertz CT molecular complexity index is 709. The second-order valence-corrected chi connectivity index (χ2v) is 7.09. The Balaban J connectivity index is 1.97. The van der Waals surface area contributed by atoms with Crippen molar-refractivity contribution >= 4 is 33.2 Å². The third-order valence-electron chi connectivity index (χ3n) is 3.04. The van der Waals surface area contributed by atoms with Crippen molar-refractivity contribution in [2.45, 2.75) is 24.7 Å². The molecule has 1 aromatic heterocycles. The highest BCUT2D eigenvalue weighted by Crippen LogP contribution is 2.28. The van der Waals surface area contributed by atoms with Crippen LogP contribution >= 0.6 is 23.2 Å². The van der Waals surface area contributed by atoms with Gasteiger partial charge in [-0.2, -0.15) is 5.10 Å². The number of sulfonamides is 1. The molecule has 2 rings (SSSR count). The topological polar surface area (TPSA) is 74.8 Å². The lowest BCUT2D eigenvalue weighted by molar-refractivity contribution is 0.579. The van der Waals surface area contributed by atoms with Gasteiger partial charge in [0.25, 0.3) is 0 Å².